The zero-order valence-corrected chi connectivity index (χ0v) is 11.1. The Morgan fingerprint density at radius 2 is 2.00 bits per heavy atom. The number of rotatable bonds is 4. The molecule has 0 fully saturated rings. The SMILES string of the molecule is O=C(N/N=C\c1cc(O)ccc1[N+](=O)[O-])c1ccccc1[O-]. The van der Waals surface area contributed by atoms with Crippen LogP contribution in [0, 0.1) is 10.1 Å². The van der Waals surface area contributed by atoms with Gasteiger partial charge in [0.15, 0.2) is 0 Å². The monoisotopic (exact) mass is 300 g/mol. The van der Waals surface area contributed by atoms with Crippen molar-refractivity contribution in [1.29, 1.82) is 0 Å². The molecule has 0 aromatic heterocycles. The second-order valence-electron chi connectivity index (χ2n) is 4.20. The summed E-state index contributed by atoms with van der Waals surface area (Å²) in [7, 11) is 0. The molecule has 0 bridgehead atoms. The molecule has 0 aliphatic heterocycles. The van der Waals surface area contributed by atoms with Gasteiger partial charge in [-0.05, 0) is 12.1 Å². The summed E-state index contributed by atoms with van der Waals surface area (Å²) in [6, 6.07) is 9.02. The van der Waals surface area contributed by atoms with Crippen LogP contribution in [-0.2, 0) is 0 Å². The minimum atomic E-state index is -0.732. The van der Waals surface area contributed by atoms with Crippen LogP contribution in [0.5, 0.6) is 11.5 Å². The smallest absolute Gasteiger partial charge is 0.278 e. The summed E-state index contributed by atoms with van der Waals surface area (Å²) < 4.78 is 0. The molecule has 0 saturated carbocycles. The summed E-state index contributed by atoms with van der Waals surface area (Å²) in [5, 5.41) is 35.2. The van der Waals surface area contributed by atoms with Gasteiger partial charge < -0.3 is 10.2 Å². The van der Waals surface area contributed by atoms with Crippen LogP contribution in [0.25, 0.3) is 0 Å². The first-order valence-corrected chi connectivity index (χ1v) is 6.06. The topological polar surface area (TPSA) is 128 Å². The van der Waals surface area contributed by atoms with Crippen LogP contribution in [0.3, 0.4) is 0 Å². The summed E-state index contributed by atoms with van der Waals surface area (Å²) in [6.45, 7) is 0. The standard InChI is InChI=1S/C14H11N3O5/c18-10-5-6-12(17(21)22)9(7-10)8-15-16-14(20)11-3-1-2-4-13(11)19/h1-8,18-19H,(H,16,20)/p-1/b15-8-. The van der Waals surface area contributed by atoms with Crippen molar-refractivity contribution in [3.8, 4) is 11.5 Å². The third kappa shape index (κ3) is 3.37. The van der Waals surface area contributed by atoms with Crippen LogP contribution >= 0.6 is 0 Å². The molecule has 8 heteroatoms. The highest BCUT2D eigenvalue weighted by molar-refractivity contribution is 5.97. The van der Waals surface area contributed by atoms with E-state index in [0.717, 1.165) is 18.3 Å². The van der Waals surface area contributed by atoms with E-state index in [9.17, 15) is 25.1 Å². The second kappa shape index (κ2) is 6.35. The average molecular weight is 300 g/mol. The molecule has 1 amide bonds. The van der Waals surface area contributed by atoms with Gasteiger partial charge >= 0.3 is 0 Å². The largest absolute Gasteiger partial charge is 0.872 e. The van der Waals surface area contributed by atoms with Gasteiger partial charge in [-0.25, -0.2) is 5.43 Å². The maximum absolute atomic E-state index is 11.7. The second-order valence-corrected chi connectivity index (χ2v) is 4.20. The number of hydrazone groups is 1. The molecule has 0 heterocycles. The number of carbonyl (C=O) groups excluding carboxylic acids is 1. The number of aromatic hydroxyl groups is 1. The number of benzene rings is 2. The lowest BCUT2D eigenvalue weighted by Crippen LogP contribution is -2.19. The molecule has 0 radical (unpaired) electrons. The molecule has 0 unspecified atom stereocenters. The quantitative estimate of drug-likeness (QED) is 0.497. The lowest BCUT2D eigenvalue weighted by Gasteiger charge is -2.10. The lowest BCUT2D eigenvalue weighted by atomic mass is 10.2. The van der Waals surface area contributed by atoms with Crippen molar-refractivity contribution in [2.45, 2.75) is 0 Å². The highest BCUT2D eigenvalue weighted by Gasteiger charge is 2.12. The minimum Gasteiger partial charge on any atom is -0.872 e. The normalized spacial score (nSPS) is 10.5. The molecule has 0 atom stereocenters. The van der Waals surface area contributed by atoms with Gasteiger partial charge in [0.1, 0.15) is 5.75 Å². The van der Waals surface area contributed by atoms with Crippen molar-refractivity contribution in [3.63, 3.8) is 0 Å². The molecule has 22 heavy (non-hydrogen) atoms. The van der Waals surface area contributed by atoms with E-state index in [-0.39, 0.29) is 22.6 Å². The van der Waals surface area contributed by atoms with Crippen LogP contribution in [0.4, 0.5) is 5.69 Å². The molecule has 2 rings (SSSR count). The third-order valence-electron chi connectivity index (χ3n) is 2.71. The Hall–Kier alpha value is -3.42. The first-order chi connectivity index (χ1) is 10.5. The van der Waals surface area contributed by atoms with Crippen molar-refractivity contribution in [3.05, 3.63) is 63.7 Å². The molecule has 2 N–H and O–H groups in total. The van der Waals surface area contributed by atoms with Gasteiger partial charge in [-0.15, -0.1) is 0 Å². The van der Waals surface area contributed by atoms with Crippen LogP contribution < -0.4 is 10.5 Å². The van der Waals surface area contributed by atoms with E-state index in [1.807, 2.05) is 0 Å². The third-order valence-corrected chi connectivity index (χ3v) is 2.71. The van der Waals surface area contributed by atoms with Gasteiger partial charge in [0.25, 0.3) is 11.6 Å². The Balaban J connectivity index is 2.17. The van der Waals surface area contributed by atoms with E-state index in [0.29, 0.717) is 0 Å². The molecule has 0 saturated heterocycles. The van der Waals surface area contributed by atoms with Crippen LogP contribution in [0.1, 0.15) is 15.9 Å². The van der Waals surface area contributed by atoms with Crippen molar-refractivity contribution in [1.82, 2.24) is 5.43 Å². The number of nitro benzene ring substituents is 1. The van der Waals surface area contributed by atoms with Gasteiger partial charge in [-0.2, -0.15) is 5.10 Å². The van der Waals surface area contributed by atoms with Gasteiger partial charge in [-0.3, -0.25) is 14.9 Å². The highest BCUT2D eigenvalue weighted by atomic mass is 16.6. The van der Waals surface area contributed by atoms with Crippen LogP contribution in [0.15, 0.2) is 47.6 Å². The zero-order valence-electron chi connectivity index (χ0n) is 11.1. The Bertz CT molecular complexity index is 758. The first kappa shape index (κ1) is 15.0. The lowest BCUT2D eigenvalue weighted by molar-refractivity contribution is -0.385. The number of nitrogens with zero attached hydrogens (tertiary/aromatic N) is 2. The van der Waals surface area contributed by atoms with E-state index in [2.05, 4.69) is 10.5 Å². The number of para-hydroxylation sites is 1. The van der Waals surface area contributed by atoms with Crippen molar-refractivity contribution < 1.29 is 19.9 Å². The first-order valence-electron chi connectivity index (χ1n) is 6.06. The number of nitrogens with one attached hydrogen (secondary N) is 1. The molecule has 112 valence electrons. The summed E-state index contributed by atoms with van der Waals surface area (Å²) in [5.74, 6) is -1.37. The Kier molecular flexibility index (Phi) is 4.33. The zero-order chi connectivity index (χ0) is 16.1. The number of carbonyl (C=O) groups is 1. The fourth-order valence-corrected chi connectivity index (χ4v) is 1.69. The summed E-state index contributed by atoms with van der Waals surface area (Å²) in [5.41, 5.74) is 1.74. The van der Waals surface area contributed by atoms with Gasteiger partial charge in [0.05, 0.1) is 16.7 Å². The molecule has 0 aliphatic rings. The van der Waals surface area contributed by atoms with E-state index in [1.54, 1.807) is 0 Å². The van der Waals surface area contributed by atoms with Crippen LogP contribution in [0.2, 0.25) is 0 Å². The molecule has 8 nitrogen and oxygen atoms in total. The Labute approximate surface area is 124 Å². The number of hydrogen-bond donors (Lipinski definition) is 2. The maximum atomic E-state index is 11.7. The van der Waals surface area contributed by atoms with Gasteiger partial charge in [-0.1, -0.05) is 30.0 Å². The van der Waals surface area contributed by atoms with Gasteiger partial charge in [0, 0.05) is 11.6 Å². The van der Waals surface area contributed by atoms with Gasteiger partial charge in [0.2, 0.25) is 0 Å². The van der Waals surface area contributed by atoms with E-state index in [1.165, 1.54) is 30.3 Å². The molecule has 0 aliphatic carbocycles. The van der Waals surface area contributed by atoms with E-state index >= 15 is 0 Å². The Morgan fingerprint density at radius 3 is 2.68 bits per heavy atom. The number of nitro groups is 1. The fourth-order valence-electron chi connectivity index (χ4n) is 1.69. The van der Waals surface area contributed by atoms with E-state index < -0.39 is 16.6 Å². The molecule has 2 aromatic rings. The molecular formula is C14H10N3O5-. The number of amides is 1. The predicted octanol–water partition coefficient (Wildman–Crippen LogP) is 1.14. The summed E-state index contributed by atoms with van der Waals surface area (Å²) in [4.78, 5) is 21.9. The summed E-state index contributed by atoms with van der Waals surface area (Å²) in [6.07, 6.45) is 1.02. The van der Waals surface area contributed by atoms with Crippen molar-refractivity contribution >= 4 is 17.8 Å². The number of hydrogen-bond acceptors (Lipinski definition) is 6. The molecule has 2 aromatic carbocycles. The molecule has 0 spiro atoms. The van der Waals surface area contributed by atoms with Crippen molar-refractivity contribution in [2.75, 3.05) is 0 Å². The van der Waals surface area contributed by atoms with E-state index in [4.69, 9.17) is 0 Å². The highest BCUT2D eigenvalue weighted by Crippen LogP contribution is 2.21. The molecular weight excluding hydrogens is 290 g/mol. The average Bonchev–Trinajstić information content (AvgIpc) is 2.47. The number of phenols is 1. The summed E-state index contributed by atoms with van der Waals surface area (Å²) >= 11 is 0. The number of phenolic OH excluding ortho intramolecular Hbond substituents is 1. The predicted molar refractivity (Wildman–Crippen MR) is 75.7 cm³/mol. The maximum Gasteiger partial charge on any atom is 0.278 e. The van der Waals surface area contributed by atoms with Crippen LogP contribution in [-0.4, -0.2) is 22.2 Å². The van der Waals surface area contributed by atoms with Crippen molar-refractivity contribution in [2.24, 2.45) is 5.10 Å². The minimum absolute atomic E-state index is 0.0145. The Morgan fingerprint density at radius 1 is 1.27 bits per heavy atom. The fraction of sp³-hybridized carbons (Fsp3) is 0.